The predicted octanol–water partition coefficient (Wildman–Crippen LogP) is 6.97. The number of hydrogen-bond donors (Lipinski definition) is 1. The molecule has 0 saturated carbocycles. The first-order valence-electron chi connectivity index (χ1n) is 8.64. The van der Waals surface area contributed by atoms with Crippen molar-refractivity contribution in [3.05, 3.63) is 79.1 Å². The molecule has 29 heavy (non-hydrogen) atoms. The summed E-state index contributed by atoms with van der Waals surface area (Å²) >= 11 is 14.8. The fraction of sp³-hybridized carbons (Fsp3) is 0.200. The summed E-state index contributed by atoms with van der Waals surface area (Å²) in [5, 5.41) is 15.9. The number of hydrogen-bond acceptors (Lipinski definition) is 6. The molecule has 3 aromatic rings. The summed E-state index contributed by atoms with van der Waals surface area (Å²) < 4.78 is 5.75. The number of ether oxygens (including phenoxy) is 1. The molecule has 0 spiro atoms. The van der Waals surface area contributed by atoms with E-state index in [1.165, 1.54) is 23.1 Å². The van der Waals surface area contributed by atoms with E-state index in [9.17, 15) is 10.1 Å². The summed E-state index contributed by atoms with van der Waals surface area (Å²) in [7, 11) is 1.63. The van der Waals surface area contributed by atoms with E-state index in [0.717, 1.165) is 21.1 Å². The number of nitrogens with one attached hydrogen (secondary N) is 1. The minimum absolute atomic E-state index is 0.0455. The van der Waals surface area contributed by atoms with Gasteiger partial charge >= 0.3 is 0 Å². The molecule has 0 radical (unpaired) electrons. The second-order valence-corrected chi connectivity index (χ2v) is 9.44. The van der Waals surface area contributed by atoms with Gasteiger partial charge in [-0.05, 0) is 42.8 Å². The first-order valence-corrected chi connectivity index (χ1v) is 11.0. The molecule has 3 rings (SSSR count). The van der Waals surface area contributed by atoms with Crippen LogP contribution >= 0.6 is 46.3 Å². The minimum atomic E-state index is -0.359. The van der Waals surface area contributed by atoms with Gasteiger partial charge in [-0.15, -0.1) is 11.3 Å². The van der Waals surface area contributed by atoms with Crippen LogP contribution in [0.25, 0.3) is 0 Å². The lowest BCUT2D eigenvalue weighted by atomic mass is 10.2. The van der Waals surface area contributed by atoms with Crippen LogP contribution in [0.5, 0.6) is 5.75 Å². The number of nitrogens with zero attached hydrogens (tertiary/aromatic N) is 1. The van der Waals surface area contributed by atoms with Crippen LogP contribution in [-0.4, -0.2) is 12.0 Å². The smallest absolute Gasteiger partial charge is 0.294 e. The summed E-state index contributed by atoms with van der Waals surface area (Å²) in [4.78, 5) is 12.8. The highest BCUT2D eigenvalue weighted by molar-refractivity contribution is 8.01. The van der Waals surface area contributed by atoms with Gasteiger partial charge in [-0.3, -0.25) is 10.1 Å². The first-order chi connectivity index (χ1) is 13.9. The van der Waals surface area contributed by atoms with Gasteiger partial charge in [0.1, 0.15) is 9.96 Å². The third kappa shape index (κ3) is 5.65. The molecule has 0 aliphatic heterocycles. The van der Waals surface area contributed by atoms with Crippen LogP contribution < -0.4 is 10.1 Å². The van der Waals surface area contributed by atoms with E-state index in [4.69, 9.17) is 27.9 Å². The molecule has 1 heterocycles. The highest BCUT2D eigenvalue weighted by Crippen LogP contribution is 2.45. The van der Waals surface area contributed by atoms with Crippen molar-refractivity contribution in [2.45, 2.75) is 28.6 Å². The molecule has 152 valence electrons. The van der Waals surface area contributed by atoms with Gasteiger partial charge in [0.15, 0.2) is 0 Å². The Morgan fingerprint density at radius 2 is 1.93 bits per heavy atom. The molecule has 5 nitrogen and oxygen atoms in total. The number of benzene rings is 2. The average Bonchev–Trinajstić information content (AvgIpc) is 3.13. The van der Waals surface area contributed by atoms with Crippen LogP contribution in [-0.2, 0) is 6.54 Å². The van der Waals surface area contributed by atoms with E-state index < -0.39 is 0 Å². The Kier molecular flexibility index (Phi) is 7.43. The maximum Gasteiger partial charge on any atom is 0.294 e. The second kappa shape index (κ2) is 9.82. The van der Waals surface area contributed by atoms with Crippen molar-refractivity contribution in [1.82, 2.24) is 5.32 Å². The molecule has 0 fully saturated rings. The van der Waals surface area contributed by atoms with Gasteiger partial charge in [0.05, 0.1) is 17.1 Å². The summed E-state index contributed by atoms with van der Waals surface area (Å²) in [5.41, 5.74) is 1.19. The van der Waals surface area contributed by atoms with Crippen molar-refractivity contribution >= 4 is 52.0 Å². The SMILES string of the molecule is COc1ccc(CNC(C)c2cc([N+](=O)[O-])c(Sc3ccc(Cl)cc3Cl)s2)cc1. The fourth-order valence-electron chi connectivity index (χ4n) is 2.57. The van der Waals surface area contributed by atoms with E-state index in [2.05, 4.69) is 5.32 Å². The van der Waals surface area contributed by atoms with Crippen LogP contribution in [0.2, 0.25) is 10.0 Å². The molecule has 0 amide bonds. The zero-order chi connectivity index (χ0) is 21.0. The summed E-state index contributed by atoms with van der Waals surface area (Å²) in [6.45, 7) is 2.63. The monoisotopic (exact) mass is 468 g/mol. The Labute approximate surface area is 187 Å². The van der Waals surface area contributed by atoms with Gasteiger partial charge in [-0.1, -0.05) is 47.1 Å². The third-order valence-electron chi connectivity index (χ3n) is 4.19. The molecule has 1 aromatic heterocycles. The number of nitro groups is 1. The maximum atomic E-state index is 11.5. The van der Waals surface area contributed by atoms with E-state index in [1.807, 2.05) is 31.2 Å². The molecule has 1 unspecified atom stereocenters. The van der Waals surface area contributed by atoms with Gasteiger partial charge in [-0.25, -0.2) is 0 Å². The van der Waals surface area contributed by atoms with Gasteiger partial charge in [0, 0.05) is 33.4 Å². The molecule has 0 bridgehead atoms. The normalized spacial score (nSPS) is 12.0. The number of methoxy groups -OCH3 is 1. The van der Waals surface area contributed by atoms with E-state index in [0.29, 0.717) is 20.8 Å². The Bertz CT molecular complexity index is 1010. The van der Waals surface area contributed by atoms with Crippen LogP contribution in [0.15, 0.2) is 57.6 Å². The summed E-state index contributed by atoms with van der Waals surface area (Å²) in [6.07, 6.45) is 0. The van der Waals surface area contributed by atoms with Crippen molar-refractivity contribution in [1.29, 1.82) is 0 Å². The van der Waals surface area contributed by atoms with E-state index in [1.54, 1.807) is 31.4 Å². The van der Waals surface area contributed by atoms with Crippen LogP contribution in [0, 0.1) is 10.1 Å². The zero-order valence-electron chi connectivity index (χ0n) is 15.6. The van der Waals surface area contributed by atoms with Crippen LogP contribution in [0.3, 0.4) is 0 Å². The summed E-state index contributed by atoms with van der Waals surface area (Å²) in [5.74, 6) is 0.804. The van der Waals surface area contributed by atoms with Crippen LogP contribution in [0.4, 0.5) is 5.69 Å². The highest BCUT2D eigenvalue weighted by Gasteiger charge is 2.23. The molecule has 0 aliphatic carbocycles. The van der Waals surface area contributed by atoms with Crippen molar-refractivity contribution in [2.24, 2.45) is 0 Å². The Morgan fingerprint density at radius 3 is 2.55 bits per heavy atom. The van der Waals surface area contributed by atoms with Gasteiger partial charge < -0.3 is 10.1 Å². The quantitative estimate of drug-likeness (QED) is 0.285. The van der Waals surface area contributed by atoms with Gasteiger partial charge in [0.25, 0.3) is 5.69 Å². The van der Waals surface area contributed by atoms with Gasteiger partial charge in [0.2, 0.25) is 0 Å². The molecule has 1 atom stereocenters. The van der Waals surface area contributed by atoms with Crippen LogP contribution in [0.1, 0.15) is 23.4 Å². The van der Waals surface area contributed by atoms with Gasteiger partial charge in [-0.2, -0.15) is 0 Å². The van der Waals surface area contributed by atoms with Crippen molar-refractivity contribution < 1.29 is 9.66 Å². The maximum absolute atomic E-state index is 11.5. The zero-order valence-corrected chi connectivity index (χ0v) is 18.8. The lowest BCUT2D eigenvalue weighted by Gasteiger charge is -2.12. The topological polar surface area (TPSA) is 64.4 Å². The Hall–Kier alpha value is -1.77. The lowest BCUT2D eigenvalue weighted by Crippen LogP contribution is -2.17. The number of halogens is 2. The Balaban J connectivity index is 1.75. The average molecular weight is 469 g/mol. The minimum Gasteiger partial charge on any atom is -0.497 e. The van der Waals surface area contributed by atoms with Crippen molar-refractivity contribution in [3.63, 3.8) is 0 Å². The largest absolute Gasteiger partial charge is 0.497 e. The molecule has 2 aromatic carbocycles. The van der Waals surface area contributed by atoms with E-state index >= 15 is 0 Å². The van der Waals surface area contributed by atoms with E-state index in [-0.39, 0.29) is 16.7 Å². The second-order valence-electron chi connectivity index (χ2n) is 6.21. The van der Waals surface area contributed by atoms with Crippen molar-refractivity contribution in [3.8, 4) is 5.75 Å². The number of rotatable bonds is 8. The fourth-order valence-corrected chi connectivity index (χ4v) is 5.43. The van der Waals surface area contributed by atoms with Crippen molar-refractivity contribution in [2.75, 3.05) is 7.11 Å². The third-order valence-corrected chi connectivity index (χ3v) is 7.42. The summed E-state index contributed by atoms with van der Waals surface area (Å²) in [6, 6.07) is 14.5. The molecule has 9 heteroatoms. The highest BCUT2D eigenvalue weighted by atomic mass is 35.5. The lowest BCUT2D eigenvalue weighted by molar-refractivity contribution is -0.387. The standard InChI is InChI=1S/C20H18Cl2N2O3S2/c1-12(23-11-13-3-6-15(27-2)7-4-13)19-10-17(24(25)26)20(29-19)28-18-8-5-14(21)9-16(18)22/h3-10,12,23H,11H2,1-2H3. The predicted molar refractivity (Wildman–Crippen MR) is 120 cm³/mol. The Morgan fingerprint density at radius 1 is 1.21 bits per heavy atom. The first kappa shape index (κ1) is 21.9. The molecule has 0 aliphatic rings. The molecule has 1 N–H and O–H groups in total. The molecular formula is C20H18Cl2N2O3S2. The molecular weight excluding hydrogens is 451 g/mol. The molecule has 0 saturated heterocycles. The number of thiophene rings is 1.